The molecule has 0 aliphatic carbocycles. The minimum Gasteiger partial charge on any atom is -0.415 e. The molecule has 0 aromatic carbocycles. The minimum atomic E-state index is -1.39. The lowest BCUT2D eigenvalue weighted by Crippen LogP contribution is -2.28. The van der Waals surface area contributed by atoms with Gasteiger partial charge in [-0.3, -0.25) is 0 Å². The zero-order valence-electron chi connectivity index (χ0n) is 12.9. The van der Waals surface area contributed by atoms with Gasteiger partial charge in [-0.25, -0.2) is 0 Å². The van der Waals surface area contributed by atoms with Crippen molar-refractivity contribution in [2.45, 2.75) is 39.3 Å². The first-order valence-electron chi connectivity index (χ1n) is 6.64. The van der Waals surface area contributed by atoms with Crippen LogP contribution in [0.1, 0.15) is 0 Å². The van der Waals surface area contributed by atoms with E-state index in [0.717, 1.165) is 0 Å². The Kier molecular flexibility index (Phi) is 9.36. The molecule has 0 aromatic heterocycles. The number of hydrogen-bond acceptors (Lipinski definition) is 4. The van der Waals surface area contributed by atoms with Crippen molar-refractivity contribution in [1.29, 1.82) is 0 Å². The first-order valence-corrected chi connectivity index (χ1v) is 13.5. The van der Waals surface area contributed by atoms with Crippen molar-refractivity contribution in [3.05, 3.63) is 0 Å². The van der Waals surface area contributed by atoms with Gasteiger partial charge in [-0.2, -0.15) is 0 Å². The Bertz CT molecular complexity index is 177. The summed E-state index contributed by atoms with van der Waals surface area (Å²) in [5, 5.41) is 0. The molecule has 6 heteroatoms. The Morgan fingerprint density at radius 3 is 1.06 bits per heavy atom. The van der Waals surface area contributed by atoms with Crippen LogP contribution in [0.5, 0.6) is 0 Å². The summed E-state index contributed by atoms with van der Waals surface area (Å²) in [7, 11) is -2.77. The van der Waals surface area contributed by atoms with Crippen molar-refractivity contribution in [3.63, 3.8) is 0 Å². The minimum absolute atomic E-state index is 0.627. The van der Waals surface area contributed by atoms with Crippen LogP contribution < -0.4 is 0 Å². The second-order valence-electron chi connectivity index (χ2n) is 6.15. The lowest BCUT2D eigenvalue weighted by Gasteiger charge is -2.17. The highest BCUT2D eigenvalue weighted by Gasteiger charge is 2.13. The zero-order valence-corrected chi connectivity index (χ0v) is 14.9. The molecule has 4 nitrogen and oxygen atoms in total. The third kappa shape index (κ3) is 16.3. The molecule has 0 atom stereocenters. The molecule has 18 heavy (non-hydrogen) atoms. The lowest BCUT2D eigenvalue weighted by atomic mass is 10.7. The largest absolute Gasteiger partial charge is 0.415 e. The molecular weight excluding hydrogens is 264 g/mol. The Morgan fingerprint density at radius 2 is 0.778 bits per heavy atom. The first kappa shape index (κ1) is 18.3. The molecule has 0 unspecified atom stereocenters. The summed E-state index contributed by atoms with van der Waals surface area (Å²) in [6.45, 7) is 17.0. The van der Waals surface area contributed by atoms with Gasteiger partial charge >= 0.3 is 0 Å². The standard InChI is InChI=1S/C12H30O4Si2/c1-17(2,3)15-11-9-13-7-8-14-10-12-16-18(4,5)6/h7-12H2,1-6H3. The van der Waals surface area contributed by atoms with Crippen LogP contribution in [0.3, 0.4) is 0 Å². The molecule has 0 aliphatic rings. The summed E-state index contributed by atoms with van der Waals surface area (Å²) in [6, 6.07) is 0. The second kappa shape index (κ2) is 9.22. The number of rotatable bonds is 11. The predicted octanol–water partition coefficient (Wildman–Crippen LogP) is 2.72. The Hall–Kier alpha value is 0.274. The fraction of sp³-hybridized carbons (Fsp3) is 1.00. The molecule has 0 rings (SSSR count). The number of hydrogen-bond donors (Lipinski definition) is 0. The molecule has 0 bridgehead atoms. The first-order chi connectivity index (χ1) is 8.21. The predicted molar refractivity (Wildman–Crippen MR) is 80.2 cm³/mol. The van der Waals surface area contributed by atoms with Gasteiger partial charge < -0.3 is 18.3 Å². The van der Waals surface area contributed by atoms with E-state index < -0.39 is 16.6 Å². The average Bonchev–Trinajstić information content (AvgIpc) is 2.17. The molecule has 0 saturated heterocycles. The van der Waals surface area contributed by atoms with Gasteiger partial charge in [0.05, 0.1) is 39.6 Å². The summed E-state index contributed by atoms with van der Waals surface area (Å²) in [6.07, 6.45) is 0. The van der Waals surface area contributed by atoms with E-state index in [1.807, 2.05) is 0 Å². The fourth-order valence-electron chi connectivity index (χ4n) is 1.14. The van der Waals surface area contributed by atoms with Crippen molar-refractivity contribution in [2.24, 2.45) is 0 Å². The van der Waals surface area contributed by atoms with Crippen LogP contribution in [-0.2, 0) is 18.3 Å². The maximum atomic E-state index is 5.67. The Balaban J connectivity index is 3.13. The molecular formula is C12H30O4Si2. The van der Waals surface area contributed by atoms with Gasteiger partial charge in [0.1, 0.15) is 0 Å². The van der Waals surface area contributed by atoms with Gasteiger partial charge in [0, 0.05) is 0 Å². The van der Waals surface area contributed by atoms with Crippen LogP contribution in [-0.4, -0.2) is 56.3 Å². The van der Waals surface area contributed by atoms with E-state index in [0.29, 0.717) is 39.6 Å². The van der Waals surface area contributed by atoms with E-state index >= 15 is 0 Å². The highest BCUT2D eigenvalue weighted by molar-refractivity contribution is 6.70. The second-order valence-corrected chi connectivity index (χ2v) is 15.2. The normalized spacial score (nSPS) is 13.0. The summed E-state index contributed by atoms with van der Waals surface area (Å²) in [5.41, 5.74) is 0. The van der Waals surface area contributed by atoms with Gasteiger partial charge in [0.2, 0.25) is 0 Å². The molecule has 0 fully saturated rings. The number of ether oxygens (including phenoxy) is 2. The highest BCUT2D eigenvalue weighted by atomic mass is 28.4. The lowest BCUT2D eigenvalue weighted by molar-refractivity contribution is 0.0259. The topological polar surface area (TPSA) is 36.9 Å². The van der Waals surface area contributed by atoms with Crippen molar-refractivity contribution in [3.8, 4) is 0 Å². The summed E-state index contributed by atoms with van der Waals surface area (Å²) >= 11 is 0. The molecule has 110 valence electrons. The molecule has 0 aromatic rings. The third-order valence-electron chi connectivity index (χ3n) is 1.90. The van der Waals surface area contributed by atoms with Crippen molar-refractivity contribution in [2.75, 3.05) is 39.6 Å². The van der Waals surface area contributed by atoms with Crippen LogP contribution in [0.25, 0.3) is 0 Å². The third-order valence-corrected chi connectivity index (χ3v) is 4.04. The zero-order chi connectivity index (χ0) is 14.1. The van der Waals surface area contributed by atoms with Crippen LogP contribution in [0.15, 0.2) is 0 Å². The van der Waals surface area contributed by atoms with Gasteiger partial charge in [-0.15, -0.1) is 0 Å². The quantitative estimate of drug-likeness (QED) is 0.434. The Morgan fingerprint density at radius 1 is 0.500 bits per heavy atom. The summed E-state index contributed by atoms with van der Waals surface area (Å²) in [4.78, 5) is 0. The van der Waals surface area contributed by atoms with E-state index in [9.17, 15) is 0 Å². The van der Waals surface area contributed by atoms with Gasteiger partial charge in [0.15, 0.2) is 16.6 Å². The fourth-order valence-corrected chi connectivity index (χ4v) is 2.53. The van der Waals surface area contributed by atoms with Crippen molar-refractivity contribution >= 4 is 16.6 Å². The maximum absolute atomic E-state index is 5.67. The van der Waals surface area contributed by atoms with E-state index in [-0.39, 0.29) is 0 Å². The summed E-state index contributed by atoms with van der Waals surface area (Å²) in [5.74, 6) is 0. The van der Waals surface area contributed by atoms with Gasteiger partial charge in [0.25, 0.3) is 0 Å². The molecule has 0 aliphatic heterocycles. The average molecular weight is 295 g/mol. The van der Waals surface area contributed by atoms with Gasteiger partial charge in [-0.05, 0) is 39.3 Å². The molecule has 0 radical (unpaired) electrons. The Labute approximate surface area is 114 Å². The van der Waals surface area contributed by atoms with E-state index in [2.05, 4.69) is 39.3 Å². The molecule has 0 amide bonds. The van der Waals surface area contributed by atoms with Gasteiger partial charge in [-0.1, -0.05) is 0 Å². The van der Waals surface area contributed by atoms with Crippen LogP contribution in [0.4, 0.5) is 0 Å². The highest BCUT2D eigenvalue weighted by Crippen LogP contribution is 2.02. The smallest absolute Gasteiger partial charge is 0.183 e. The molecule has 0 saturated carbocycles. The van der Waals surface area contributed by atoms with E-state index in [1.165, 1.54) is 0 Å². The molecule has 0 spiro atoms. The SMILES string of the molecule is C[Si](C)(C)OCCOCCOCCO[Si](C)(C)C. The van der Waals surface area contributed by atoms with Crippen LogP contribution >= 0.6 is 0 Å². The maximum Gasteiger partial charge on any atom is 0.183 e. The van der Waals surface area contributed by atoms with E-state index in [1.54, 1.807) is 0 Å². The summed E-state index contributed by atoms with van der Waals surface area (Å²) < 4.78 is 22.2. The van der Waals surface area contributed by atoms with Crippen molar-refractivity contribution < 1.29 is 18.3 Å². The monoisotopic (exact) mass is 294 g/mol. The van der Waals surface area contributed by atoms with Crippen LogP contribution in [0.2, 0.25) is 39.3 Å². The molecule has 0 heterocycles. The molecule has 0 N–H and O–H groups in total. The van der Waals surface area contributed by atoms with Crippen LogP contribution in [0, 0.1) is 0 Å². The van der Waals surface area contributed by atoms with E-state index in [4.69, 9.17) is 18.3 Å². The van der Waals surface area contributed by atoms with Crippen molar-refractivity contribution in [1.82, 2.24) is 0 Å².